The Morgan fingerprint density at radius 1 is 1.45 bits per heavy atom. The number of likely N-dealkylation sites (tertiary alicyclic amines) is 2. The van der Waals surface area contributed by atoms with Gasteiger partial charge in [0.2, 0.25) is 5.91 Å². The molecule has 0 unspecified atom stereocenters. The third kappa shape index (κ3) is 3.20. The minimum absolute atomic E-state index is 0.235. The highest BCUT2D eigenvalue weighted by atomic mass is 16.3. The first-order valence-electron chi connectivity index (χ1n) is 8.23. The summed E-state index contributed by atoms with van der Waals surface area (Å²) >= 11 is 0. The van der Waals surface area contributed by atoms with Crippen molar-refractivity contribution in [3.05, 3.63) is 24.2 Å². The minimum Gasteiger partial charge on any atom is -0.468 e. The van der Waals surface area contributed by atoms with E-state index in [1.807, 2.05) is 12.1 Å². The van der Waals surface area contributed by atoms with E-state index in [-0.39, 0.29) is 5.91 Å². The van der Waals surface area contributed by atoms with Crippen molar-refractivity contribution in [3.63, 3.8) is 0 Å². The summed E-state index contributed by atoms with van der Waals surface area (Å²) in [5.41, 5.74) is 0. The zero-order valence-electron chi connectivity index (χ0n) is 13.9. The topological polar surface area (TPSA) is 39.9 Å². The Labute approximate surface area is 132 Å². The maximum atomic E-state index is 12.1. The summed E-state index contributed by atoms with van der Waals surface area (Å²) in [7, 11) is 4.17. The van der Waals surface area contributed by atoms with Crippen LogP contribution in [0.25, 0.3) is 0 Å². The van der Waals surface area contributed by atoms with Gasteiger partial charge in [0.1, 0.15) is 5.76 Å². The highest BCUT2D eigenvalue weighted by molar-refractivity contribution is 5.74. The zero-order valence-corrected chi connectivity index (χ0v) is 13.9. The molecular weight excluding hydrogens is 278 g/mol. The number of furan rings is 1. The summed E-state index contributed by atoms with van der Waals surface area (Å²) in [5, 5.41) is 0. The van der Waals surface area contributed by atoms with Crippen LogP contribution in [-0.2, 0) is 11.3 Å². The van der Waals surface area contributed by atoms with Crippen molar-refractivity contribution < 1.29 is 9.21 Å². The second kappa shape index (κ2) is 6.42. The molecule has 5 heteroatoms. The molecule has 1 aromatic heterocycles. The maximum Gasteiger partial charge on any atom is 0.219 e. The van der Waals surface area contributed by atoms with Crippen molar-refractivity contribution in [2.45, 2.75) is 38.4 Å². The molecule has 3 rings (SSSR count). The van der Waals surface area contributed by atoms with Crippen LogP contribution in [0, 0.1) is 5.92 Å². The van der Waals surface area contributed by atoms with Gasteiger partial charge in [0.15, 0.2) is 0 Å². The quantitative estimate of drug-likeness (QED) is 0.848. The van der Waals surface area contributed by atoms with Crippen LogP contribution < -0.4 is 0 Å². The number of hydrogen-bond acceptors (Lipinski definition) is 4. The van der Waals surface area contributed by atoms with E-state index in [0.29, 0.717) is 18.0 Å². The number of rotatable bonds is 4. The molecule has 3 atom stereocenters. The first kappa shape index (κ1) is 15.6. The lowest BCUT2D eigenvalue weighted by molar-refractivity contribution is -0.133. The van der Waals surface area contributed by atoms with Crippen molar-refractivity contribution >= 4 is 5.91 Å². The van der Waals surface area contributed by atoms with E-state index in [1.54, 1.807) is 13.2 Å². The molecule has 2 aliphatic heterocycles. The third-order valence-electron chi connectivity index (χ3n) is 5.00. The van der Waals surface area contributed by atoms with Crippen LogP contribution in [0.3, 0.4) is 0 Å². The molecule has 0 N–H and O–H groups in total. The third-order valence-corrected chi connectivity index (χ3v) is 5.00. The first-order valence-corrected chi connectivity index (χ1v) is 8.23. The number of hydrogen-bond donors (Lipinski definition) is 0. The Bertz CT molecular complexity index is 500. The zero-order chi connectivity index (χ0) is 15.7. The maximum absolute atomic E-state index is 12.1. The molecule has 1 amide bonds. The Kier molecular flexibility index (Phi) is 4.54. The van der Waals surface area contributed by atoms with Gasteiger partial charge in [-0.15, -0.1) is 0 Å². The lowest BCUT2D eigenvalue weighted by atomic mass is 9.92. The predicted molar refractivity (Wildman–Crippen MR) is 85.4 cm³/mol. The molecule has 0 radical (unpaired) electrons. The second-order valence-corrected chi connectivity index (χ2v) is 7.01. The van der Waals surface area contributed by atoms with E-state index < -0.39 is 0 Å². The monoisotopic (exact) mass is 305 g/mol. The fourth-order valence-electron chi connectivity index (χ4n) is 4.27. The molecule has 2 saturated heterocycles. The van der Waals surface area contributed by atoms with Gasteiger partial charge in [-0.2, -0.15) is 0 Å². The number of piperidine rings is 1. The van der Waals surface area contributed by atoms with Crippen LogP contribution in [0.5, 0.6) is 0 Å². The average molecular weight is 305 g/mol. The van der Waals surface area contributed by atoms with E-state index in [2.05, 4.69) is 28.8 Å². The van der Waals surface area contributed by atoms with Gasteiger partial charge in [-0.1, -0.05) is 0 Å². The summed E-state index contributed by atoms with van der Waals surface area (Å²) < 4.78 is 5.47. The molecule has 0 bridgehead atoms. The van der Waals surface area contributed by atoms with Gasteiger partial charge in [-0.3, -0.25) is 9.69 Å². The number of nitrogens with zero attached hydrogens (tertiary/aromatic N) is 3. The summed E-state index contributed by atoms with van der Waals surface area (Å²) in [6.07, 6.45) is 3.94. The number of likely N-dealkylation sites (N-methyl/N-ethyl adjacent to an activating group) is 1. The number of fused-ring (bicyclic) bond motifs is 1. The van der Waals surface area contributed by atoms with Crippen LogP contribution in [0.2, 0.25) is 0 Å². The van der Waals surface area contributed by atoms with Gasteiger partial charge in [0, 0.05) is 38.6 Å². The van der Waals surface area contributed by atoms with Crippen LogP contribution in [0.1, 0.15) is 25.5 Å². The number of carbonyl (C=O) groups excluding carboxylic acids is 1. The van der Waals surface area contributed by atoms with E-state index in [0.717, 1.165) is 44.8 Å². The Balaban J connectivity index is 1.66. The van der Waals surface area contributed by atoms with Crippen molar-refractivity contribution in [2.75, 3.05) is 33.7 Å². The normalized spacial score (nSPS) is 29.1. The van der Waals surface area contributed by atoms with E-state index in [9.17, 15) is 4.79 Å². The van der Waals surface area contributed by atoms with Crippen molar-refractivity contribution in [3.8, 4) is 0 Å². The molecule has 2 aliphatic rings. The largest absolute Gasteiger partial charge is 0.468 e. The number of amides is 1. The molecule has 2 fully saturated rings. The fraction of sp³-hybridized carbons (Fsp3) is 0.706. The summed E-state index contributed by atoms with van der Waals surface area (Å²) in [6.45, 7) is 5.68. The van der Waals surface area contributed by atoms with Gasteiger partial charge in [0.25, 0.3) is 0 Å². The molecule has 3 heterocycles. The van der Waals surface area contributed by atoms with Gasteiger partial charge < -0.3 is 14.2 Å². The first-order chi connectivity index (χ1) is 10.5. The number of carbonyl (C=O) groups is 1. The molecule has 122 valence electrons. The highest BCUT2D eigenvalue weighted by Crippen LogP contribution is 2.36. The second-order valence-electron chi connectivity index (χ2n) is 7.01. The van der Waals surface area contributed by atoms with Crippen LogP contribution >= 0.6 is 0 Å². The van der Waals surface area contributed by atoms with Crippen molar-refractivity contribution in [1.29, 1.82) is 0 Å². The molecule has 0 saturated carbocycles. The predicted octanol–water partition coefficient (Wildman–Crippen LogP) is 1.65. The van der Waals surface area contributed by atoms with Gasteiger partial charge >= 0.3 is 0 Å². The van der Waals surface area contributed by atoms with E-state index in [1.165, 1.54) is 0 Å². The van der Waals surface area contributed by atoms with Gasteiger partial charge in [-0.25, -0.2) is 0 Å². The smallest absolute Gasteiger partial charge is 0.219 e. The average Bonchev–Trinajstić information content (AvgIpc) is 3.04. The fourth-order valence-corrected chi connectivity index (χ4v) is 4.27. The van der Waals surface area contributed by atoms with Crippen LogP contribution in [-0.4, -0.2) is 66.4 Å². The van der Waals surface area contributed by atoms with Crippen LogP contribution in [0.15, 0.2) is 22.8 Å². The van der Waals surface area contributed by atoms with Gasteiger partial charge in [0.05, 0.1) is 12.8 Å². The summed E-state index contributed by atoms with van der Waals surface area (Å²) in [6, 6.07) is 4.78. The van der Waals surface area contributed by atoms with E-state index >= 15 is 0 Å². The molecule has 0 spiro atoms. The van der Waals surface area contributed by atoms with E-state index in [4.69, 9.17) is 4.42 Å². The molecule has 22 heavy (non-hydrogen) atoms. The molecule has 0 aliphatic carbocycles. The molecule has 5 nitrogen and oxygen atoms in total. The molecular formula is C17H27N3O2. The lowest BCUT2D eigenvalue weighted by Gasteiger charge is -2.38. The SMILES string of the molecule is CC(=O)N1[C@H](CN(C)C)C[C@@H]2CN(Cc3ccco3)CC[C@@H]21. The summed E-state index contributed by atoms with van der Waals surface area (Å²) in [5.74, 6) is 1.86. The Morgan fingerprint density at radius 2 is 2.27 bits per heavy atom. The standard InChI is InChI=1S/C17H27N3O2/c1-13(21)20-15(11-18(2)3)9-14-10-19(7-6-17(14)20)12-16-5-4-8-22-16/h4-5,8,14-15,17H,6-7,9-12H2,1-3H3/t14-,15+,17+/m1/s1. The molecule has 0 aromatic carbocycles. The van der Waals surface area contributed by atoms with Crippen LogP contribution in [0.4, 0.5) is 0 Å². The van der Waals surface area contributed by atoms with Crippen molar-refractivity contribution in [2.24, 2.45) is 5.92 Å². The highest BCUT2D eigenvalue weighted by Gasteiger charge is 2.44. The minimum atomic E-state index is 0.235. The molecule has 1 aromatic rings. The Hall–Kier alpha value is -1.33. The van der Waals surface area contributed by atoms with Crippen molar-refractivity contribution in [1.82, 2.24) is 14.7 Å². The lowest BCUT2D eigenvalue weighted by Crippen LogP contribution is -2.49. The van der Waals surface area contributed by atoms with Gasteiger partial charge in [-0.05, 0) is 45.0 Å². The summed E-state index contributed by atoms with van der Waals surface area (Å²) in [4.78, 5) is 18.9. The Morgan fingerprint density at radius 3 is 2.91 bits per heavy atom.